The monoisotopic (exact) mass is 488 g/mol. The Bertz CT molecular complexity index is 1290. The fourth-order valence-electron chi connectivity index (χ4n) is 4.35. The van der Waals surface area contributed by atoms with Crippen LogP contribution in [0.1, 0.15) is 59.0 Å². The molecule has 0 radical (unpaired) electrons. The van der Waals surface area contributed by atoms with E-state index in [-0.39, 0.29) is 6.42 Å². The van der Waals surface area contributed by atoms with E-state index < -0.39 is 35.0 Å². The minimum Gasteiger partial charge on any atom is -0.293 e. The number of ketones is 4. The maximum absolute atomic E-state index is 13.7. The summed E-state index contributed by atoms with van der Waals surface area (Å²) in [6.07, 6.45) is -0.221. The summed E-state index contributed by atoms with van der Waals surface area (Å²) >= 11 is 0. The minimum absolute atomic E-state index is 0.221. The first-order valence-corrected chi connectivity index (χ1v) is 12.3. The first-order valence-electron chi connectivity index (χ1n) is 12.3. The quantitative estimate of drug-likeness (QED) is 0.183. The average molecular weight is 489 g/mol. The first-order chi connectivity index (χ1) is 17.8. The van der Waals surface area contributed by atoms with Gasteiger partial charge in [-0.1, -0.05) is 120 Å². The molecule has 0 aromatic heterocycles. The first kappa shape index (κ1) is 25.6. The fraction of sp³-hybridized carbons (Fsp3) is 0.152. The zero-order valence-electron chi connectivity index (χ0n) is 20.9. The Morgan fingerprint density at radius 2 is 0.703 bits per heavy atom. The second kappa shape index (κ2) is 11.5. The Morgan fingerprint density at radius 1 is 0.432 bits per heavy atom. The van der Waals surface area contributed by atoms with Crippen LogP contribution >= 0.6 is 0 Å². The lowest BCUT2D eigenvalue weighted by Gasteiger charge is -2.21. The molecule has 184 valence electrons. The van der Waals surface area contributed by atoms with Gasteiger partial charge in [0, 0.05) is 22.3 Å². The number of rotatable bonds is 10. The van der Waals surface area contributed by atoms with Gasteiger partial charge < -0.3 is 0 Å². The fourth-order valence-corrected chi connectivity index (χ4v) is 4.35. The molecule has 37 heavy (non-hydrogen) atoms. The molecule has 0 heterocycles. The summed E-state index contributed by atoms with van der Waals surface area (Å²) in [6.45, 7) is 3.82. The molecule has 4 aromatic carbocycles. The van der Waals surface area contributed by atoms with Crippen molar-refractivity contribution >= 4 is 23.1 Å². The molecule has 0 saturated carbocycles. The Balaban J connectivity index is 1.78. The van der Waals surface area contributed by atoms with Gasteiger partial charge in [-0.05, 0) is 20.3 Å². The smallest absolute Gasteiger partial charge is 0.173 e. The zero-order chi connectivity index (χ0) is 26.4. The minimum atomic E-state index is -1.20. The molecule has 0 bridgehead atoms. The molecule has 0 saturated heterocycles. The second-order valence-electron chi connectivity index (χ2n) is 9.26. The number of carbonyl (C=O) groups is 4. The number of hydrogen-bond acceptors (Lipinski definition) is 4. The molecule has 0 spiro atoms. The number of carbonyl (C=O) groups excluding carboxylic acids is 4. The maximum atomic E-state index is 13.7. The lowest BCUT2D eigenvalue weighted by molar-refractivity contribution is 0.0728. The molecule has 0 amide bonds. The van der Waals surface area contributed by atoms with Gasteiger partial charge in [-0.2, -0.15) is 0 Å². The van der Waals surface area contributed by atoms with Gasteiger partial charge in [0.25, 0.3) is 0 Å². The van der Waals surface area contributed by atoms with Crippen molar-refractivity contribution in [3.63, 3.8) is 0 Å². The van der Waals surface area contributed by atoms with Crippen LogP contribution in [-0.2, 0) is 0 Å². The molecule has 0 fully saturated rings. The summed E-state index contributed by atoms with van der Waals surface area (Å²) < 4.78 is 0. The van der Waals surface area contributed by atoms with Crippen molar-refractivity contribution in [3.05, 3.63) is 143 Å². The van der Waals surface area contributed by atoms with Gasteiger partial charge in [0.05, 0.1) is 11.8 Å². The Hall–Kier alpha value is -4.44. The van der Waals surface area contributed by atoms with Gasteiger partial charge in [-0.3, -0.25) is 19.2 Å². The van der Waals surface area contributed by atoms with Gasteiger partial charge in [0.2, 0.25) is 0 Å². The summed E-state index contributed by atoms with van der Waals surface area (Å²) in [6, 6.07) is 31.0. The van der Waals surface area contributed by atoms with Crippen LogP contribution in [0.2, 0.25) is 0 Å². The number of benzene rings is 4. The van der Waals surface area contributed by atoms with Crippen LogP contribution in [0.3, 0.4) is 0 Å². The maximum Gasteiger partial charge on any atom is 0.173 e. The predicted molar refractivity (Wildman–Crippen MR) is 144 cm³/mol. The van der Waals surface area contributed by atoms with E-state index in [2.05, 4.69) is 0 Å². The van der Waals surface area contributed by atoms with Crippen LogP contribution in [0, 0.1) is 25.7 Å². The second-order valence-corrected chi connectivity index (χ2v) is 9.26. The molecule has 2 unspecified atom stereocenters. The number of Topliss-reactive ketones (excluding diaryl/α,β-unsaturated/α-hetero) is 4. The lowest BCUT2D eigenvalue weighted by Crippen LogP contribution is -2.33. The molecule has 4 heteroatoms. The molecule has 4 aromatic rings. The third kappa shape index (κ3) is 6.04. The lowest BCUT2D eigenvalue weighted by atomic mass is 9.78. The van der Waals surface area contributed by atoms with Crippen molar-refractivity contribution in [2.24, 2.45) is 11.8 Å². The Morgan fingerprint density at radius 3 is 1.00 bits per heavy atom. The Labute approximate surface area is 217 Å². The van der Waals surface area contributed by atoms with Gasteiger partial charge in [0.15, 0.2) is 23.1 Å². The van der Waals surface area contributed by atoms with E-state index in [9.17, 15) is 19.2 Å². The van der Waals surface area contributed by atoms with Crippen LogP contribution < -0.4 is 0 Å². The summed E-state index contributed by atoms with van der Waals surface area (Å²) in [5.74, 6) is -4.02. The SMILES string of the molecule is Cc1ccc(C(=O)C(CC(C(=O)c2ccccc2)C(=O)c2ccc(C)cc2)C(=O)c2ccccc2)cc1. The van der Waals surface area contributed by atoms with Crippen LogP contribution in [0.15, 0.2) is 109 Å². The van der Waals surface area contributed by atoms with Gasteiger partial charge >= 0.3 is 0 Å². The largest absolute Gasteiger partial charge is 0.293 e. The highest BCUT2D eigenvalue weighted by Gasteiger charge is 2.37. The highest BCUT2D eigenvalue weighted by atomic mass is 16.2. The zero-order valence-corrected chi connectivity index (χ0v) is 20.9. The standard InChI is InChI=1S/C33H28O4/c1-22-13-17-26(18-14-22)32(36)28(30(34)24-9-5-3-6-10-24)21-29(31(35)25-11-7-4-8-12-25)33(37)27-19-15-23(2)16-20-27/h3-20,28-29H,21H2,1-2H3. The number of aryl methyl sites for hydroxylation is 2. The average Bonchev–Trinajstić information content (AvgIpc) is 2.94. The van der Waals surface area contributed by atoms with E-state index in [4.69, 9.17) is 0 Å². The third-order valence-corrected chi connectivity index (χ3v) is 6.53. The van der Waals surface area contributed by atoms with Gasteiger partial charge in [0.1, 0.15) is 0 Å². The molecule has 0 aliphatic carbocycles. The molecular weight excluding hydrogens is 460 g/mol. The van der Waals surface area contributed by atoms with Crippen LogP contribution in [0.4, 0.5) is 0 Å². The molecule has 0 aliphatic rings. The molecule has 0 N–H and O–H groups in total. The van der Waals surface area contributed by atoms with E-state index in [0.29, 0.717) is 22.3 Å². The molecule has 0 aliphatic heterocycles. The van der Waals surface area contributed by atoms with E-state index in [1.165, 1.54) is 0 Å². The van der Waals surface area contributed by atoms with Gasteiger partial charge in [-0.25, -0.2) is 0 Å². The summed E-state index contributed by atoms with van der Waals surface area (Å²) in [5.41, 5.74) is 3.42. The van der Waals surface area contributed by atoms with Crippen molar-refractivity contribution in [2.75, 3.05) is 0 Å². The number of hydrogen-bond donors (Lipinski definition) is 0. The third-order valence-electron chi connectivity index (χ3n) is 6.53. The van der Waals surface area contributed by atoms with E-state index >= 15 is 0 Å². The topological polar surface area (TPSA) is 68.3 Å². The van der Waals surface area contributed by atoms with Gasteiger partial charge in [-0.15, -0.1) is 0 Å². The van der Waals surface area contributed by atoms with Crippen molar-refractivity contribution in [1.29, 1.82) is 0 Å². The van der Waals surface area contributed by atoms with Crippen LogP contribution in [0.25, 0.3) is 0 Å². The highest BCUT2D eigenvalue weighted by Crippen LogP contribution is 2.28. The molecule has 2 atom stereocenters. The normalized spacial score (nSPS) is 12.4. The van der Waals surface area contributed by atoms with E-state index in [0.717, 1.165) is 11.1 Å². The summed E-state index contributed by atoms with van der Waals surface area (Å²) in [7, 11) is 0. The van der Waals surface area contributed by atoms with E-state index in [1.807, 2.05) is 13.8 Å². The molecule has 4 rings (SSSR count). The highest BCUT2D eigenvalue weighted by molar-refractivity contribution is 6.19. The van der Waals surface area contributed by atoms with Crippen molar-refractivity contribution < 1.29 is 19.2 Å². The van der Waals surface area contributed by atoms with Crippen molar-refractivity contribution in [2.45, 2.75) is 20.3 Å². The molecule has 4 nitrogen and oxygen atoms in total. The van der Waals surface area contributed by atoms with E-state index in [1.54, 1.807) is 109 Å². The molecular formula is C33H28O4. The van der Waals surface area contributed by atoms with Crippen molar-refractivity contribution in [3.8, 4) is 0 Å². The Kier molecular flexibility index (Phi) is 7.99. The predicted octanol–water partition coefficient (Wildman–Crippen LogP) is 6.76. The summed E-state index contributed by atoms with van der Waals surface area (Å²) in [4.78, 5) is 54.8. The summed E-state index contributed by atoms with van der Waals surface area (Å²) in [5, 5.41) is 0. The van der Waals surface area contributed by atoms with Crippen LogP contribution in [0.5, 0.6) is 0 Å². The van der Waals surface area contributed by atoms with Crippen LogP contribution in [-0.4, -0.2) is 23.1 Å². The van der Waals surface area contributed by atoms with Crippen molar-refractivity contribution in [1.82, 2.24) is 0 Å².